The molecule has 0 aromatic rings. The predicted octanol–water partition coefficient (Wildman–Crippen LogP) is 0.349. The molecular weight excluding hydrogens is 156 g/mol. The molecule has 0 unspecified atom stereocenters. The van der Waals surface area contributed by atoms with E-state index in [9.17, 15) is 4.79 Å². The highest BCUT2D eigenvalue weighted by molar-refractivity contribution is 5.86. The van der Waals surface area contributed by atoms with Crippen LogP contribution in [0.4, 0.5) is 0 Å². The summed E-state index contributed by atoms with van der Waals surface area (Å²) in [5.74, 6) is -0.267. The predicted molar refractivity (Wildman–Crippen MR) is 47.2 cm³/mol. The van der Waals surface area contributed by atoms with Crippen LogP contribution in [0.25, 0.3) is 0 Å². The van der Waals surface area contributed by atoms with Crippen molar-refractivity contribution in [3.05, 3.63) is 12.2 Å². The van der Waals surface area contributed by atoms with Gasteiger partial charge >= 0.3 is 0 Å². The van der Waals surface area contributed by atoms with Crippen LogP contribution in [0.5, 0.6) is 0 Å². The third-order valence-electron chi connectivity index (χ3n) is 1.18. The number of unbranched alkanes of at least 4 members (excludes halogenated alkanes) is 1. The molecule has 0 aliphatic carbocycles. The Morgan fingerprint density at radius 2 is 2.42 bits per heavy atom. The van der Waals surface area contributed by atoms with Crippen LogP contribution in [-0.4, -0.2) is 19.1 Å². The molecule has 0 rings (SSSR count). The van der Waals surface area contributed by atoms with Gasteiger partial charge in [-0.25, -0.2) is 5.48 Å². The molecule has 0 bridgehead atoms. The molecule has 0 saturated carbocycles. The van der Waals surface area contributed by atoms with Gasteiger partial charge in [-0.05, 0) is 6.42 Å². The Morgan fingerprint density at radius 3 is 3.00 bits per heavy atom. The minimum Gasteiger partial charge on any atom is -0.327 e. The van der Waals surface area contributed by atoms with Crippen LogP contribution in [0.3, 0.4) is 0 Å². The van der Waals surface area contributed by atoms with Crippen molar-refractivity contribution in [2.45, 2.75) is 19.8 Å². The van der Waals surface area contributed by atoms with Crippen molar-refractivity contribution in [2.75, 3.05) is 13.2 Å². The van der Waals surface area contributed by atoms with Gasteiger partial charge in [0.05, 0.1) is 6.61 Å². The average molecular weight is 172 g/mol. The van der Waals surface area contributed by atoms with Crippen molar-refractivity contribution >= 4 is 5.91 Å². The molecule has 0 aromatic carbocycles. The monoisotopic (exact) mass is 172 g/mol. The maximum atomic E-state index is 10.8. The lowest BCUT2D eigenvalue weighted by atomic mass is 10.4. The summed E-state index contributed by atoms with van der Waals surface area (Å²) in [5, 5.41) is 0. The summed E-state index contributed by atoms with van der Waals surface area (Å²) >= 11 is 0. The van der Waals surface area contributed by atoms with Crippen LogP contribution in [0.15, 0.2) is 12.2 Å². The highest BCUT2D eigenvalue weighted by Gasteiger charge is 1.92. The molecule has 0 radical (unpaired) electrons. The van der Waals surface area contributed by atoms with E-state index >= 15 is 0 Å². The fourth-order valence-electron chi connectivity index (χ4n) is 0.548. The second-order valence-corrected chi connectivity index (χ2v) is 2.31. The molecule has 0 aromatic heterocycles. The van der Waals surface area contributed by atoms with Gasteiger partial charge in [-0.15, -0.1) is 0 Å². The van der Waals surface area contributed by atoms with Crippen LogP contribution in [-0.2, 0) is 9.63 Å². The van der Waals surface area contributed by atoms with E-state index in [1.165, 1.54) is 6.08 Å². The SMILES string of the molecule is CCCCONC(=O)C=CCN. The van der Waals surface area contributed by atoms with Crippen LogP contribution >= 0.6 is 0 Å². The van der Waals surface area contributed by atoms with Gasteiger partial charge < -0.3 is 5.73 Å². The number of nitrogens with one attached hydrogen (secondary N) is 1. The fourth-order valence-corrected chi connectivity index (χ4v) is 0.548. The first-order valence-electron chi connectivity index (χ1n) is 4.09. The minimum atomic E-state index is -0.267. The van der Waals surface area contributed by atoms with Crippen molar-refractivity contribution < 1.29 is 9.63 Å². The first-order valence-corrected chi connectivity index (χ1v) is 4.09. The van der Waals surface area contributed by atoms with E-state index in [0.717, 1.165) is 12.8 Å². The number of rotatable bonds is 6. The quantitative estimate of drug-likeness (QED) is 0.345. The Bertz CT molecular complexity index is 146. The second-order valence-electron chi connectivity index (χ2n) is 2.31. The van der Waals surface area contributed by atoms with Crippen LogP contribution < -0.4 is 11.2 Å². The largest absolute Gasteiger partial charge is 0.327 e. The smallest absolute Gasteiger partial charge is 0.267 e. The maximum absolute atomic E-state index is 10.8. The van der Waals surface area contributed by atoms with E-state index in [4.69, 9.17) is 10.6 Å². The third-order valence-corrected chi connectivity index (χ3v) is 1.18. The number of nitrogens with two attached hydrogens (primary N) is 1. The molecule has 0 atom stereocenters. The Balaban J connectivity index is 3.25. The topological polar surface area (TPSA) is 64.3 Å². The second kappa shape index (κ2) is 8.23. The minimum absolute atomic E-state index is 0.267. The van der Waals surface area contributed by atoms with Gasteiger partial charge in [0.1, 0.15) is 0 Å². The van der Waals surface area contributed by atoms with E-state index in [1.807, 2.05) is 0 Å². The van der Waals surface area contributed by atoms with Gasteiger partial charge in [-0.2, -0.15) is 0 Å². The Kier molecular flexibility index (Phi) is 7.63. The van der Waals surface area contributed by atoms with Crippen molar-refractivity contribution in [3.8, 4) is 0 Å². The van der Waals surface area contributed by atoms with Crippen molar-refractivity contribution in [1.82, 2.24) is 5.48 Å². The third kappa shape index (κ3) is 7.24. The molecule has 4 heteroatoms. The number of carbonyl (C=O) groups is 1. The van der Waals surface area contributed by atoms with E-state index in [0.29, 0.717) is 13.2 Å². The highest BCUT2D eigenvalue weighted by atomic mass is 16.6. The lowest BCUT2D eigenvalue weighted by Crippen LogP contribution is -2.22. The molecular formula is C8H16N2O2. The Hall–Kier alpha value is -0.870. The molecule has 12 heavy (non-hydrogen) atoms. The maximum Gasteiger partial charge on any atom is 0.267 e. The number of carbonyl (C=O) groups excluding carboxylic acids is 1. The molecule has 0 aliphatic rings. The molecule has 0 aliphatic heterocycles. The zero-order valence-electron chi connectivity index (χ0n) is 7.38. The van der Waals surface area contributed by atoms with E-state index in [1.54, 1.807) is 6.08 Å². The van der Waals surface area contributed by atoms with Crippen LogP contribution in [0.2, 0.25) is 0 Å². The number of hydrogen-bond acceptors (Lipinski definition) is 3. The van der Waals surface area contributed by atoms with Gasteiger partial charge in [0, 0.05) is 12.6 Å². The van der Waals surface area contributed by atoms with E-state index in [2.05, 4.69) is 12.4 Å². The zero-order valence-corrected chi connectivity index (χ0v) is 7.38. The molecule has 0 heterocycles. The first-order chi connectivity index (χ1) is 5.81. The van der Waals surface area contributed by atoms with Gasteiger partial charge in [-0.3, -0.25) is 9.63 Å². The number of hydroxylamine groups is 1. The summed E-state index contributed by atoms with van der Waals surface area (Å²) in [6, 6.07) is 0. The molecule has 0 fully saturated rings. The number of hydrogen-bond donors (Lipinski definition) is 2. The standard InChI is InChI=1S/C8H16N2O2/c1-2-3-7-12-10-8(11)5-4-6-9/h4-5H,2-3,6-7,9H2,1H3,(H,10,11). The summed E-state index contributed by atoms with van der Waals surface area (Å²) in [6.07, 6.45) is 4.92. The summed E-state index contributed by atoms with van der Waals surface area (Å²) in [7, 11) is 0. The zero-order chi connectivity index (χ0) is 9.23. The summed E-state index contributed by atoms with van der Waals surface area (Å²) in [4.78, 5) is 15.6. The molecule has 70 valence electrons. The van der Waals surface area contributed by atoms with Crippen molar-refractivity contribution in [2.24, 2.45) is 5.73 Å². The highest BCUT2D eigenvalue weighted by Crippen LogP contribution is 1.85. The lowest BCUT2D eigenvalue weighted by molar-refractivity contribution is -0.128. The summed E-state index contributed by atoms with van der Waals surface area (Å²) in [6.45, 7) is 2.97. The Labute approximate surface area is 72.7 Å². The molecule has 0 saturated heterocycles. The average Bonchev–Trinajstić information content (AvgIpc) is 2.09. The van der Waals surface area contributed by atoms with Gasteiger partial charge in [0.15, 0.2) is 0 Å². The fraction of sp³-hybridized carbons (Fsp3) is 0.625. The first kappa shape index (κ1) is 11.1. The van der Waals surface area contributed by atoms with Gasteiger partial charge in [0.25, 0.3) is 5.91 Å². The summed E-state index contributed by atoms with van der Waals surface area (Å²) < 4.78 is 0. The van der Waals surface area contributed by atoms with Crippen molar-refractivity contribution in [3.63, 3.8) is 0 Å². The van der Waals surface area contributed by atoms with E-state index < -0.39 is 0 Å². The van der Waals surface area contributed by atoms with Crippen molar-refractivity contribution in [1.29, 1.82) is 0 Å². The Morgan fingerprint density at radius 1 is 1.67 bits per heavy atom. The van der Waals surface area contributed by atoms with Gasteiger partial charge in [0.2, 0.25) is 0 Å². The molecule has 3 N–H and O–H groups in total. The number of amides is 1. The van der Waals surface area contributed by atoms with Gasteiger partial charge in [-0.1, -0.05) is 19.4 Å². The molecule has 0 spiro atoms. The van der Waals surface area contributed by atoms with Crippen LogP contribution in [0.1, 0.15) is 19.8 Å². The molecule has 1 amide bonds. The van der Waals surface area contributed by atoms with E-state index in [-0.39, 0.29) is 5.91 Å². The summed E-state index contributed by atoms with van der Waals surface area (Å²) in [5.41, 5.74) is 7.42. The van der Waals surface area contributed by atoms with Crippen LogP contribution in [0, 0.1) is 0 Å². The normalized spacial score (nSPS) is 10.5. The lowest BCUT2D eigenvalue weighted by Gasteiger charge is -2.00. The molecule has 4 nitrogen and oxygen atoms in total.